The quantitative estimate of drug-likeness (QED) is 0.830. The van der Waals surface area contributed by atoms with Crippen LogP contribution in [0.3, 0.4) is 0 Å². The first-order valence-corrected chi connectivity index (χ1v) is 7.82. The van der Waals surface area contributed by atoms with Gasteiger partial charge in [-0.05, 0) is 24.5 Å². The third kappa shape index (κ3) is 2.67. The van der Waals surface area contributed by atoms with Crippen LogP contribution in [0.25, 0.3) is 0 Å². The molecule has 3 rings (SSSR count). The molecule has 1 atom stereocenters. The normalized spacial score (nSPS) is 18.5. The molecular formula is C16H15BrFN3O. The highest BCUT2D eigenvalue weighted by atomic mass is 79.9. The van der Waals surface area contributed by atoms with Crippen LogP contribution in [0.1, 0.15) is 24.1 Å². The van der Waals surface area contributed by atoms with Gasteiger partial charge in [0.2, 0.25) is 0 Å². The maximum Gasteiger partial charge on any atom is 0.139 e. The van der Waals surface area contributed by atoms with E-state index in [1.165, 1.54) is 18.6 Å². The summed E-state index contributed by atoms with van der Waals surface area (Å²) < 4.78 is 15.1. The highest BCUT2D eigenvalue weighted by Crippen LogP contribution is 2.54. The number of aliphatic hydroxyl groups is 1. The predicted molar refractivity (Wildman–Crippen MR) is 82.9 cm³/mol. The Labute approximate surface area is 136 Å². The summed E-state index contributed by atoms with van der Waals surface area (Å²) in [5, 5.41) is 20.3. The van der Waals surface area contributed by atoms with Crippen molar-refractivity contribution < 1.29 is 9.50 Å². The largest absolute Gasteiger partial charge is 0.386 e. The van der Waals surface area contributed by atoms with E-state index in [9.17, 15) is 9.50 Å². The predicted octanol–water partition coefficient (Wildman–Crippen LogP) is 2.80. The van der Waals surface area contributed by atoms with Crippen molar-refractivity contribution in [3.63, 3.8) is 0 Å². The molecule has 1 aromatic carbocycles. The molecule has 0 bridgehead atoms. The van der Waals surface area contributed by atoms with Crippen LogP contribution in [-0.4, -0.2) is 24.6 Å². The van der Waals surface area contributed by atoms with E-state index < -0.39 is 9.93 Å². The van der Waals surface area contributed by atoms with Gasteiger partial charge in [0.05, 0.1) is 23.4 Å². The van der Waals surface area contributed by atoms with Crippen LogP contribution < -0.4 is 0 Å². The average molecular weight is 364 g/mol. The number of hydrogen-bond donors (Lipinski definition) is 1. The summed E-state index contributed by atoms with van der Waals surface area (Å²) in [5.41, 5.74) is -0.348. The number of nitriles is 1. The molecule has 114 valence electrons. The molecule has 1 aliphatic rings. The van der Waals surface area contributed by atoms with E-state index >= 15 is 0 Å². The first kappa shape index (κ1) is 15.2. The second kappa shape index (κ2) is 5.49. The molecule has 4 nitrogen and oxygen atoms in total. The molecule has 0 spiro atoms. The third-order valence-electron chi connectivity index (χ3n) is 4.22. The van der Waals surface area contributed by atoms with Crippen LogP contribution in [0.5, 0.6) is 0 Å². The van der Waals surface area contributed by atoms with Gasteiger partial charge in [-0.25, -0.2) is 9.37 Å². The number of imidazole rings is 1. The van der Waals surface area contributed by atoms with E-state index in [0.29, 0.717) is 11.3 Å². The number of halogens is 2. The number of aromatic nitrogens is 2. The van der Waals surface area contributed by atoms with E-state index in [-0.39, 0.29) is 18.8 Å². The molecule has 0 radical (unpaired) electrons. The zero-order chi connectivity index (χ0) is 15.8. The summed E-state index contributed by atoms with van der Waals surface area (Å²) in [7, 11) is 0. The van der Waals surface area contributed by atoms with Crippen molar-refractivity contribution in [1.29, 1.82) is 5.26 Å². The fourth-order valence-electron chi connectivity index (χ4n) is 2.71. The van der Waals surface area contributed by atoms with E-state index in [0.717, 1.165) is 12.8 Å². The maximum atomic E-state index is 14.0. The van der Waals surface area contributed by atoms with Gasteiger partial charge in [0.15, 0.2) is 0 Å². The molecule has 0 amide bonds. The second-order valence-electron chi connectivity index (χ2n) is 5.78. The first-order chi connectivity index (χ1) is 10.5. The molecule has 1 heterocycles. The average Bonchev–Trinajstić information content (AvgIpc) is 3.10. The highest BCUT2D eigenvalue weighted by molar-refractivity contribution is 9.10. The molecule has 2 aromatic rings. The molecule has 6 heteroatoms. The fourth-order valence-corrected chi connectivity index (χ4v) is 3.17. The van der Waals surface area contributed by atoms with Crippen molar-refractivity contribution in [1.82, 2.24) is 9.55 Å². The molecule has 1 fully saturated rings. The van der Waals surface area contributed by atoms with Crippen LogP contribution in [0.15, 0.2) is 36.8 Å². The van der Waals surface area contributed by atoms with Crippen LogP contribution in [0, 0.1) is 17.1 Å². The van der Waals surface area contributed by atoms with Gasteiger partial charge in [0.25, 0.3) is 0 Å². The molecule has 1 aromatic heterocycles. The van der Waals surface area contributed by atoms with Crippen LogP contribution in [-0.2, 0) is 13.0 Å². The number of rotatable bonds is 5. The number of benzene rings is 1. The van der Waals surface area contributed by atoms with Crippen molar-refractivity contribution in [2.75, 3.05) is 0 Å². The smallest absolute Gasteiger partial charge is 0.139 e. The van der Waals surface area contributed by atoms with Crippen molar-refractivity contribution >= 4 is 15.9 Å². The minimum Gasteiger partial charge on any atom is -0.386 e. The molecule has 0 aliphatic heterocycles. The Morgan fingerprint density at radius 1 is 1.45 bits per heavy atom. The summed E-state index contributed by atoms with van der Waals surface area (Å²) in [6, 6.07) is 8.50. The lowest BCUT2D eigenvalue weighted by Gasteiger charge is -2.34. The van der Waals surface area contributed by atoms with Gasteiger partial charge in [0.1, 0.15) is 23.2 Å². The van der Waals surface area contributed by atoms with E-state index in [2.05, 4.69) is 20.9 Å². The first-order valence-electron chi connectivity index (χ1n) is 7.02. The van der Waals surface area contributed by atoms with Gasteiger partial charge in [0, 0.05) is 6.42 Å². The number of nitrogens with zero attached hydrogens (tertiary/aromatic N) is 3. The highest BCUT2D eigenvalue weighted by Gasteiger charge is 2.57. The van der Waals surface area contributed by atoms with Crippen molar-refractivity contribution in [3.8, 4) is 6.07 Å². The molecule has 1 aliphatic carbocycles. The van der Waals surface area contributed by atoms with Gasteiger partial charge in [-0.15, -0.1) is 0 Å². The lowest BCUT2D eigenvalue weighted by molar-refractivity contribution is 0.0142. The van der Waals surface area contributed by atoms with Crippen LogP contribution in [0.2, 0.25) is 0 Å². The van der Waals surface area contributed by atoms with E-state index in [1.54, 1.807) is 22.8 Å². The third-order valence-corrected chi connectivity index (χ3v) is 5.75. The monoisotopic (exact) mass is 363 g/mol. The van der Waals surface area contributed by atoms with Gasteiger partial charge in [-0.2, -0.15) is 5.26 Å². The van der Waals surface area contributed by atoms with E-state index in [4.69, 9.17) is 5.26 Å². The summed E-state index contributed by atoms with van der Waals surface area (Å²) in [4.78, 5) is 3.94. The summed E-state index contributed by atoms with van der Waals surface area (Å²) >= 11 is 3.60. The standard InChI is InChI=1S/C16H15BrFN3O/c17-15(5-6-15)16(22,7-12-3-1-2-4-14(12)18)10-21-11-20-9-13(21)8-19/h1-4,9,11,22H,5-7,10H2. The maximum absolute atomic E-state index is 14.0. The Balaban J connectivity index is 1.93. The minimum absolute atomic E-state index is 0.175. The topological polar surface area (TPSA) is 61.8 Å². The lowest BCUT2D eigenvalue weighted by Crippen LogP contribution is -2.47. The minimum atomic E-state index is -1.19. The number of hydrogen-bond acceptors (Lipinski definition) is 3. The Morgan fingerprint density at radius 3 is 2.82 bits per heavy atom. The molecule has 0 saturated heterocycles. The van der Waals surface area contributed by atoms with Gasteiger partial charge >= 0.3 is 0 Å². The Hall–Kier alpha value is -1.71. The van der Waals surface area contributed by atoms with Crippen molar-refractivity contribution in [2.45, 2.75) is 35.7 Å². The summed E-state index contributed by atoms with van der Waals surface area (Å²) in [5.74, 6) is -0.330. The molecular weight excluding hydrogens is 349 g/mol. The van der Waals surface area contributed by atoms with Gasteiger partial charge < -0.3 is 9.67 Å². The zero-order valence-corrected chi connectivity index (χ0v) is 13.4. The molecule has 1 saturated carbocycles. The molecule has 1 unspecified atom stereocenters. The SMILES string of the molecule is N#Cc1cncn1CC(O)(Cc1ccccc1F)C1(Br)CC1. The van der Waals surface area contributed by atoms with Crippen molar-refractivity contribution in [2.24, 2.45) is 0 Å². The Bertz CT molecular complexity index is 729. The van der Waals surface area contributed by atoms with Crippen LogP contribution in [0.4, 0.5) is 4.39 Å². The number of alkyl halides is 1. The zero-order valence-electron chi connectivity index (χ0n) is 11.8. The molecule has 1 N–H and O–H groups in total. The molecule has 22 heavy (non-hydrogen) atoms. The van der Waals surface area contributed by atoms with Crippen LogP contribution >= 0.6 is 15.9 Å². The second-order valence-corrected chi connectivity index (χ2v) is 7.30. The summed E-state index contributed by atoms with van der Waals surface area (Å²) in [6.45, 7) is 0.190. The van der Waals surface area contributed by atoms with Gasteiger partial charge in [-0.3, -0.25) is 0 Å². The Kier molecular flexibility index (Phi) is 3.79. The van der Waals surface area contributed by atoms with Crippen molar-refractivity contribution in [3.05, 3.63) is 53.9 Å². The summed E-state index contributed by atoms with van der Waals surface area (Å²) in [6.07, 6.45) is 4.78. The fraction of sp³-hybridized carbons (Fsp3) is 0.375. The van der Waals surface area contributed by atoms with Gasteiger partial charge in [-0.1, -0.05) is 34.1 Å². The Morgan fingerprint density at radius 2 is 2.18 bits per heavy atom. The van der Waals surface area contributed by atoms with E-state index in [1.807, 2.05) is 6.07 Å². The lowest BCUT2D eigenvalue weighted by atomic mass is 9.89.